The summed E-state index contributed by atoms with van der Waals surface area (Å²) in [5.41, 5.74) is 0.959. The van der Waals surface area contributed by atoms with Crippen molar-refractivity contribution in [2.75, 3.05) is 18.4 Å². The van der Waals surface area contributed by atoms with E-state index < -0.39 is 0 Å². The van der Waals surface area contributed by atoms with E-state index in [0.29, 0.717) is 0 Å². The number of carbonyl (C=O) groups excluding carboxylic acids is 1. The lowest BCUT2D eigenvalue weighted by Crippen LogP contribution is -2.41. The van der Waals surface area contributed by atoms with Gasteiger partial charge in [0.25, 0.3) is 0 Å². The first-order valence-corrected chi connectivity index (χ1v) is 6.68. The van der Waals surface area contributed by atoms with Gasteiger partial charge < -0.3 is 10.2 Å². The predicted octanol–water partition coefficient (Wildman–Crippen LogP) is 3.12. The smallest absolute Gasteiger partial charge is 0.244 e. The van der Waals surface area contributed by atoms with Crippen LogP contribution >= 0.6 is 15.9 Å². The van der Waals surface area contributed by atoms with Crippen molar-refractivity contribution in [1.82, 2.24) is 4.90 Å². The second kappa shape index (κ2) is 6.64. The maximum atomic E-state index is 12.0. The lowest BCUT2D eigenvalue weighted by Gasteiger charge is -2.24. The number of halogens is 1. The molecule has 0 heterocycles. The van der Waals surface area contributed by atoms with Gasteiger partial charge >= 0.3 is 0 Å². The van der Waals surface area contributed by atoms with Crippen LogP contribution in [0.1, 0.15) is 20.8 Å². The fraction of sp³-hybridized carbons (Fsp3) is 0.462. The van der Waals surface area contributed by atoms with Gasteiger partial charge in [0.15, 0.2) is 0 Å². The van der Waals surface area contributed by atoms with Crippen molar-refractivity contribution < 1.29 is 4.79 Å². The molecule has 17 heavy (non-hydrogen) atoms. The molecule has 94 valence electrons. The van der Waals surface area contributed by atoms with Crippen LogP contribution in [-0.2, 0) is 4.79 Å². The Labute approximate surface area is 111 Å². The molecule has 0 bridgehead atoms. The Morgan fingerprint density at radius 3 is 2.29 bits per heavy atom. The van der Waals surface area contributed by atoms with Gasteiger partial charge in [-0.1, -0.05) is 15.9 Å². The second-order valence-corrected chi connectivity index (χ2v) is 4.80. The number of nitrogens with one attached hydrogen (secondary N) is 1. The molecule has 0 aliphatic rings. The molecule has 0 saturated heterocycles. The Morgan fingerprint density at radius 1 is 1.29 bits per heavy atom. The molecule has 1 unspecified atom stereocenters. The van der Waals surface area contributed by atoms with Crippen molar-refractivity contribution in [3.63, 3.8) is 0 Å². The first-order chi connectivity index (χ1) is 8.08. The summed E-state index contributed by atoms with van der Waals surface area (Å²) in [6, 6.07) is 7.62. The molecule has 3 nitrogen and oxygen atoms in total. The number of likely N-dealkylation sites (N-methyl/N-ethyl adjacent to an activating group) is 1. The number of anilines is 1. The van der Waals surface area contributed by atoms with Gasteiger partial charge in [0.2, 0.25) is 5.91 Å². The zero-order valence-electron chi connectivity index (χ0n) is 10.5. The topological polar surface area (TPSA) is 32.3 Å². The summed E-state index contributed by atoms with van der Waals surface area (Å²) in [7, 11) is 0. The maximum absolute atomic E-state index is 12.0. The highest BCUT2D eigenvalue weighted by Crippen LogP contribution is 2.15. The third-order valence-corrected chi connectivity index (χ3v) is 3.20. The van der Waals surface area contributed by atoms with Crippen LogP contribution in [0.25, 0.3) is 0 Å². The Bertz CT molecular complexity index is 360. The van der Waals surface area contributed by atoms with Crippen LogP contribution in [0.4, 0.5) is 5.69 Å². The lowest BCUT2D eigenvalue weighted by atomic mass is 10.2. The van der Waals surface area contributed by atoms with Gasteiger partial charge in [0.1, 0.15) is 6.04 Å². The monoisotopic (exact) mass is 298 g/mol. The van der Waals surface area contributed by atoms with Crippen LogP contribution in [0.5, 0.6) is 0 Å². The first kappa shape index (κ1) is 14.0. The fourth-order valence-electron chi connectivity index (χ4n) is 1.67. The van der Waals surface area contributed by atoms with Gasteiger partial charge in [0, 0.05) is 23.2 Å². The average Bonchev–Trinajstić information content (AvgIpc) is 2.33. The third-order valence-electron chi connectivity index (χ3n) is 2.67. The van der Waals surface area contributed by atoms with Gasteiger partial charge in [-0.15, -0.1) is 0 Å². The summed E-state index contributed by atoms with van der Waals surface area (Å²) < 4.78 is 1.03. The predicted molar refractivity (Wildman–Crippen MR) is 75.2 cm³/mol. The minimum absolute atomic E-state index is 0.137. The third kappa shape index (κ3) is 4.04. The zero-order valence-corrected chi connectivity index (χ0v) is 12.1. The molecule has 0 fully saturated rings. The largest absolute Gasteiger partial charge is 0.374 e. The highest BCUT2D eigenvalue weighted by Gasteiger charge is 2.17. The summed E-state index contributed by atoms with van der Waals surface area (Å²) in [5, 5.41) is 3.21. The Hall–Kier alpha value is -1.03. The normalized spacial score (nSPS) is 12.0. The van der Waals surface area contributed by atoms with E-state index in [-0.39, 0.29) is 11.9 Å². The van der Waals surface area contributed by atoms with E-state index in [1.54, 1.807) is 0 Å². The number of hydrogen-bond acceptors (Lipinski definition) is 2. The minimum Gasteiger partial charge on any atom is -0.374 e. The first-order valence-electron chi connectivity index (χ1n) is 5.89. The zero-order chi connectivity index (χ0) is 12.8. The molecular formula is C13H19BrN2O. The van der Waals surface area contributed by atoms with E-state index in [4.69, 9.17) is 0 Å². The van der Waals surface area contributed by atoms with Crippen LogP contribution in [0.3, 0.4) is 0 Å². The van der Waals surface area contributed by atoms with Crippen LogP contribution in [0, 0.1) is 0 Å². The van der Waals surface area contributed by atoms with E-state index in [1.807, 2.05) is 49.9 Å². The molecule has 1 rings (SSSR count). The van der Waals surface area contributed by atoms with Crippen LogP contribution in [0.2, 0.25) is 0 Å². The van der Waals surface area contributed by atoms with Gasteiger partial charge in [-0.25, -0.2) is 0 Å². The van der Waals surface area contributed by atoms with E-state index in [2.05, 4.69) is 21.2 Å². The number of amides is 1. The summed E-state index contributed by atoms with van der Waals surface area (Å²) in [6.45, 7) is 7.38. The number of hydrogen-bond donors (Lipinski definition) is 1. The highest BCUT2D eigenvalue weighted by molar-refractivity contribution is 9.10. The van der Waals surface area contributed by atoms with Crippen molar-refractivity contribution >= 4 is 27.5 Å². The highest BCUT2D eigenvalue weighted by atomic mass is 79.9. The second-order valence-electron chi connectivity index (χ2n) is 3.88. The molecule has 0 aliphatic heterocycles. The molecule has 1 aromatic carbocycles. The molecule has 0 radical (unpaired) electrons. The van der Waals surface area contributed by atoms with E-state index in [9.17, 15) is 4.79 Å². The van der Waals surface area contributed by atoms with Crippen molar-refractivity contribution in [2.24, 2.45) is 0 Å². The number of nitrogens with zero attached hydrogens (tertiary/aromatic N) is 1. The summed E-state index contributed by atoms with van der Waals surface area (Å²) in [6.07, 6.45) is 0. The number of rotatable bonds is 5. The van der Waals surface area contributed by atoms with E-state index in [0.717, 1.165) is 23.2 Å². The van der Waals surface area contributed by atoms with Crippen molar-refractivity contribution in [3.05, 3.63) is 28.7 Å². The summed E-state index contributed by atoms with van der Waals surface area (Å²) >= 11 is 3.38. The van der Waals surface area contributed by atoms with Crippen LogP contribution in [0.15, 0.2) is 28.7 Å². The van der Waals surface area contributed by atoms with Crippen molar-refractivity contribution in [3.8, 4) is 0 Å². The molecule has 4 heteroatoms. The standard InChI is InChI=1S/C13H19BrN2O/c1-4-16(5-2)13(17)10(3)15-12-8-6-11(14)7-9-12/h6-10,15H,4-5H2,1-3H3. The SMILES string of the molecule is CCN(CC)C(=O)C(C)Nc1ccc(Br)cc1. The molecule has 0 spiro atoms. The van der Waals surface area contributed by atoms with Gasteiger partial charge in [-0.2, -0.15) is 0 Å². The Balaban J connectivity index is 2.62. The molecule has 1 amide bonds. The number of benzene rings is 1. The summed E-state index contributed by atoms with van der Waals surface area (Å²) in [4.78, 5) is 13.9. The van der Waals surface area contributed by atoms with Crippen molar-refractivity contribution in [1.29, 1.82) is 0 Å². The Kier molecular flexibility index (Phi) is 5.48. The quantitative estimate of drug-likeness (QED) is 0.906. The van der Waals surface area contributed by atoms with Crippen LogP contribution in [-0.4, -0.2) is 29.9 Å². The van der Waals surface area contributed by atoms with Crippen LogP contribution < -0.4 is 5.32 Å². The van der Waals surface area contributed by atoms with Gasteiger partial charge in [0.05, 0.1) is 0 Å². The van der Waals surface area contributed by atoms with Gasteiger partial charge in [-0.3, -0.25) is 4.79 Å². The molecule has 1 N–H and O–H groups in total. The fourth-order valence-corrected chi connectivity index (χ4v) is 1.93. The average molecular weight is 299 g/mol. The molecule has 1 aromatic rings. The number of carbonyl (C=O) groups is 1. The lowest BCUT2D eigenvalue weighted by molar-refractivity contribution is -0.131. The maximum Gasteiger partial charge on any atom is 0.244 e. The summed E-state index contributed by atoms with van der Waals surface area (Å²) in [5.74, 6) is 0.137. The molecule has 1 atom stereocenters. The van der Waals surface area contributed by atoms with E-state index in [1.165, 1.54) is 0 Å². The molecule has 0 aliphatic carbocycles. The Morgan fingerprint density at radius 2 is 1.82 bits per heavy atom. The molecular weight excluding hydrogens is 280 g/mol. The van der Waals surface area contributed by atoms with Gasteiger partial charge in [-0.05, 0) is 45.0 Å². The molecule has 0 saturated carbocycles. The minimum atomic E-state index is -0.198. The van der Waals surface area contributed by atoms with Crippen molar-refractivity contribution in [2.45, 2.75) is 26.8 Å². The molecule has 0 aromatic heterocycles. The van der Waals surface area contributed by atoms with E-state index >= 15 is 0 Å².